The third-order valence-corrected chi connectivity index (χ3v) is 4.21. The summed E-state index contributed by atoms with van der Waals surface area (Å²) < 4.78 is 11.4. The summed E-state index contributed by atoms with van der Waals surface area (Å²) in [6.07, 6.45) is 0.923. The summed E-state index contributed by atoms with van der Waals surface area (Å²) in [7, 11) is 0. The third kappa shape index (κ3) is 8.11. The first-order valence-corrected chi connectivity index (χ1v) is 10.3. The van der Waals surface area contributed by atoms with E-state index in [0.717, 1.165) is 17.9 Å². The molecular formula is C23H30N2O3S. The molecule has 0 fully saturated rings. The van der Waals surface area contributed by atoms with E-state index < -0.39 is 0 Å². The number of carbonyl (C=O) groups excluding carboxylic acids is 1. The van der Waals surface area contributed by atoms with Crippen molar-refractivity contribution in [3.63, 3.8) is 0 Å². The molecule has 0 radical (unpaired) electrons. The number of anilines is 1. The minimum atomic E-state index is -0.306. The standard InChI is InChI=1S/C23H30N2O3S/c1-16(2)13-14-27-21-8-6-5-7-20(21)22(26)25-23(29)24-18-9-11-19(12-10-18)28-15-17(3)4/h5-12,16-17H,13-15H2,1-4H3,(H2,24,25,26,29). The van der Waals surface area contributed by atoms with Gasteiger partial charge in [0.25, 0.3) is 5.91 Å². The molecule has 1 amide bonds. The fourth-order valence-electron chi connectivity index (χ4n) is 2.41. The van der Waals surface area contributed by atoms with E-state index in [0.29, 0.717) is 36.4 Å². The van der Waals surface area contributed by atoms with Crippen LogP contribution in [0.5, 0.6) is 11.5 Å². The van der Waals surface area contributed by atoms with E-state index in [9.17, 15) is 4.79 Å². The quantitative estimate of drug-likeness (QED) is 0.547. The van der Waals surface area contributed by atoms with Crippen molar-refractivity contribution in [2.45, 2.75) is 34.1 Å². The van der Waals surface area contributed by atoms with Crippen LogP contribution in [0.25, 0.3) is 0 Å². The molecule has 156 valence electrons. The van der Waals surface area contributed by atoms with Crippen molar-refractivity contribution in [3.05, 3.63) is 54.1 Å². The number of ether oxygens (including phenoxy) is 2. The van der Waals surface area contributed by atoms with Gasteiger partial charge in [0, 0.05) is 5.69 Å². The maximum Gasteiger partial charge on any atom is 0.261 e. The van der Waals surface area contributed by atoms with E-state index in [2.05, 4.69) is 38.3 Å². The lowest BCUT2D eigenvalue weighted by Gasteiger charge is -2.14. The molecule has 2 aromatic carbocycles. The largest absolute Gasteiger partial charge is 0.493 e. The highest BCUT2D eigenvalue weighted by Crippen LogP contribution is 2.19. The molecule has 0 aromatic heterocycles. The summed E-state index contributed by atoms with van der Waals surface area (Å²) in [5.41, 5.74) is 1.23. The lowest BCUT2D eigenvalue weighted by Crippen LogP contribution is -2.34. The van der Waals surface area contributed by atoms with Crippen LogP contribution in [0.2, 0.25) is 0 Å². The van der Waals surface area contributed by atoms with Gasteiger partial charge in [-0.15, -0.1) is 0 Å². The lowest BCUT2D eigenvalue weighted by atomic mass is 10.1. The van der Waals surface area contributed by atoms with Gasteiger partial charge in [-0.25, -0.2) is 0 Å². The highest BCUT2D eigenvalue weighted by molar-refractivity contribution is 7.80. The first-order valence-electron chi connectivity index (χ1n) is 9.92. The second-order valence-corrected chi connectivity index (χ2v) is 8.07. The van der Waals surface area contributed by atoms with Crippen molar-refractivity contribution in [1.82, 2.24) is 5.32 Å². The van der Waals surface area contributed by atoms with E-state index in [1.165, 1.54) is 0 Å². The van der Waals surface area contributed by atoms with Crippen molar-refractivity contribution in [3.8, 4) is 11.5 Å². The van der Waals surface area contributed by atoms with Gasteiger partial charge in [0.05, 0.1) is 18.8 Å². The Bertz CT molecular complexity index is 804. The highest BCUT2D eigenvalue weighted by atomic mass is 32.1. The first kappa shape index (κ1) is 22.7. The monoisotopic (exact) mass is 414 g/mol. The Balaban J connectivity index is 1.91. The van der Waals surface area contributed by atoms with E-state index >= 15 is 0 Å². The number of benzene rings is 2. The fourth-order valence-corrected chi connectivity index (χ4v) is 2.63. The van der Waals surface area contributed by atoms with Gasteiger partial charge in [-0.1, -0.05) is 39.8 Å². The molecule has 29 heavy (non-hydrogen) atoms. The summed E-state index contributed by atoms with van der Waals surface area (Å²) in [6, 6.07) is 14.6. The SMILES string of the molecule is CC(C)CCOc1ccccc1C(=O)NC(=S)Nc1ccc(OCC(C)C)cc1. The second-order valence-electron chi connectivity index (χ2n) is 7.66. The van der Waals surface area contributed by atoms with Crippen molar-refractivity contribution in [2.24, 2.45) is 11.8 Å². The maximum absolute atomic E-state index is 12.6. The molecule has 6 heteroatoms. The van der Waals surface area contributed by atoms with E-state index in [1.807, 2.05) is 30.3 Å². The Morgan fingerprint density at radius 1 is 0.966 bits per heavy atom. The predicted octanol–water partition coefficient (Wildman–Crippen LogP) is 5.27. The third-order valence-electron chi connectivity index (χ3n) is 4.01. The average molecular weight is 415 g/mol. The summed E-state index contributed by atoms with van der Waals surface area (Å²) in [5, 5.41) is 5.95. The number of rotatable bonds is 9. The molecule has 0 unspecified atom stereocenters. The van der Waals surface area contributed by atoms with Crippen LogP contribution in [0.3, 0.4) is 0 Å². The Labute approximate surface area is 178 Å². The molecule has 0 atom stereocenters. The Morgan fingerprint density at radius 3 is 2.31 bits per heavy atom. The second kappa shape index (κ2) is 11.4. The van der Waals surface area contributed by atoms with Gasteiger partial charge in [-0.3, -0.25) is 10.1 Å². The van der Waals surface area contributed by atoms with E-state index in [-0.39, 0.29) is 11.0 Å². The van der Waals surface area contributed by atoms with Gasteiger partial charge in [-0.05, 0) is 66.9 Å². The fraction of sp³-hybridized carbons (Fsp3) is 0.391. The predicted molar refractivity (Wildman–Crippen MR) is 122 cm³/mol. The normalized spacial score (nSPS) is 10.7. The molecule has 0 bridgehead atoms. The number of nitrogens with one attached hydrogen (secondary N) is 2. The molecule has 2 rings (SSSR count). The number of para-hydroxylation sites is 1. The number of carbonyl (C=O) groups is 1. The molecule has 0 aliphatic heterocycles. The smallest absolute Gasteiger partial charge is 0.261 e. The van der Waals surface area contributed by atoms with Crippen molar-refractivity contribution in [1.29, 1.82) is 0 Å². The summed E-state index contributed by atoms with van der Waals surface area (Å²) >= 11 is 5.28. The average Bonchev–Trinajstić information content (AvgIpc) is 2.67. The first-order chi connectivity index (χ1) is 13.8. The minimum absolute atomic E-state index is 0.225. The summed E-state index contributed by atoms with van der Waals surface area (Å²) in [6.45, 7) is 9.70. The lowest BCUT2D eigenvalue weighted by molar-refractivity contribution is 0.0973. The molecule has 0 aliphatic carbocycles. The van der Waals surface area contributed by atoms with Crippen LogP contribution < -0.4 is 20.1 Å². The zero-order chi connectivity index (χ0) is 21.2. The van der Waals surface area contributed by atoms with Crippen molar-refractivity contribution in [2.75, 3.05) is 18.5 Å². The van der Waals surface area contributed by atoms with Gasteiger partial charge < -0.3 is 14.8 Å². The van der Waals surface area contributed by atoms with Gasteiger partial charge in [-0.2, -0.15) is 0 Å². The van der Waals surface area contributed by atoms with E-state index in [4.69, 9.17) is 21.7 Å². The Hall–Kier alpha value is -2.60. The summed E-state index contributed by atoms with van der Waals surface area (Å²) in [4.78, 5) is 12.6. The molecule has 0 saturated heterocycles. The zero-order valence-corrected chi connectivity index (χ0v) is 18.3. The van der Waals surface area contributed by atoms with Crippen LogP contribution in [-0.4, -0.2) is 24.2 Å². The molecule has 0 heterocycles. The number of amides is 1. The number of thiocarbonyl (C=S) groups is 1. The van der Waals surface area contributed by atoms with E-state index in [1.54, 1.807) is 18.2 Å². The van der Waals surface area contributed by atoms with Gasteiger partial charge in [0.1, 0.15) is 11.5 Å². The molecule has 0 aliphatic rings. The van der Waals surface area contributed by atoms with Crippen LogP contribution >= 0.6 is 12.2 Å². The van der Waals surface area contributed by atoms with Crippen LogP contribution in [0, 0.1) is 11.8 Å². The van der Waals surface area contributed by atoms with Gasteiger partial charge in [0.2, 0.25) is 0 Å². The summed E-state index contributed by atoms with van der Waals surface area (Å²) in [5.74, 6) is 2.05. The van der Waals surface area contributed by atoms with Gasteiger partial charge in [0.15, 0.2) is 5.11 Å². The van der Waals surface area contributed by atoms with Crippen LogP contribution in [0.15, 0.2) is 48.5 Å². The number of hydrogen-bond donors (Lipinski definition) is 2. The zero-order valence-electron chi connectivity index (χ0n) is 17.5. The Kier molecular flexibility index (Phi) is 8.93. The molecule has 0 saturated carbocycles. The minimum Gasteiger partial charge on any atom is -0.493 e. The highest BCUT2D eigenvalue weighted by Gasteiger charge is 2.14. The topological polar surface area (TPSA) is 59.6 Å². The maximum atomic E-state index is 12.6. The van der Waals surface area contributed by atoms with Crippen molar-refractivity contribution < 1.29 is 14.3 Å². The molecule has 2 aromatic rings. The van der Waals surface area contributed by atoms with Crippen LogP contribution in [0.1, 0.15) is 44.5 Å². The molecular weight excluding hydrogens is 384 g/mol. The van der Waals surface area contributed by atoms with Crippen LogP contribution in [-0.2, 0) is 0 Å². The van der Waals surface area contributed by atoms with Crippen molar-refractivity contribution >= 4 is 28.9 Å². The molecule has 2 N–H and O–H groups in total. The number of hydrogen-bond acceptors (Lipinski definition) is 4. The van der Waals surface area contributed by atoms with Crippen LogP contribution in [0.4, 0.5) is 5.69 Å². The molecule has 0 spiro atoms. The molecule has 5 nitrogen and oxygen atoms in total. The Morgan fingerprint density at radius 2 is 1.66 bits per heavy atom. The van der Waals surface area contributed by atoms with Gasteiger partial charge >= 0.3 is 0 Å².